The van der Waals surface area contributed by atoms with Gasteiger partial charge in [-0.25, -0.2) is 4.39 Å². The second-order valence-electron chi connectivity index (χ2n) is 3.64. The van der Waals surface area contributed by atoms with E-state index in [1.807, 2.05) is 7.05 Å². The number of nitrogens with zero attached hydrogens (tertiary/aromatic N) is 2. The first-order chi connectivity index (χ1) is 8.00. The fraction of sp³-hybridized carbons (Fsp3) is 0.182. The summed E-state index contributed by atoms with van der Waals surface area (Å²) in [4.78, 5) is 0. The number of halogens is 3. The Kier molecular flexibility index (Phi) is 3.65. The molecule has 0 radical (unpaired) electrons. The summed E-state index contributed by atoms with van der Waals surface area (Å²) < 4.78 is 16.2. The molecule has 0 amide bonds. The second kappa shape index (κ2) is 4.88. The van der Waals surface area contributed by atoms with E-state index in [4.69, 9.17) is 5.73 Å². The fourth-order valence-electron chi connectivity index (χ4n) is 1.67. The minimum Gasteiger partial charge on any atom is -0.319 e. The predicted molar refractivity (Wildman–Crippen MR) is 71.0 cm³/mol. The van der Waals surface area contributed by atoms with Gasteiger partial charge in [0.25, 0.3) is 0 Å². The van der Waals surface area contributed by atoms with Crippen molar-refractivity contribution in [2.75, 3.05) is 0 Å². The summed E-state index contributed by atoms with van der Waals surface area (Å²) in [5.41, 5.74) is 7.83. The van der Waals surface area contributed by atoms with Gasteiger partial charge in [-0.2, -0.15) is 5.10 Å². The van der Waals surface area contributed by atoms with Crippen LogP contribution in [0.3, 0.4) is 0 Å². The normalized spacial score (nSPS) is 12.8. The molecule has 0 bridgehead atoms. The first-order valence-electron chi connectivity index (χ1n) is 4.88. The van der Waals surface area contributed by atoms with Crippen molar-refractivity contribution in [2.24, 2.45) is 12.8 Å². The summed E-state index contributed by atoms with van der Waals surface area (Å²) in [6.45, 7) is 0. The van der Waals surface area contributed by atoms with Gasteiger partial charge in [0.15, 0.2) is 0 Å². The predicted octanol–water partition coefficient (Wildman–Crippen LogP) is 3.13. The molecule has 1 atom stereocenters. The standard InChI is InChI=1S/C11H10Br2FN3/c1-17-11(9(13)5-16-17)10(15)7-3-2-6(14)4-8(7)12/h2-5,10H,15H2,1H3. The highest BCUT2D eigenvalue weighted by Gasteiger charge is 2.19. The Balaban J connectivity index is 2.47. The van der Waals surface area contributed by atoms with Crippen molar-refractivity contribution in [1.82, 2.24) is 9.78 Å². The molecular weight excluding hydrogens is 353 g/mol. The molecule has 0 spiro atoms. The van der Waals surface area contributed by atoms with Crippen LogP contribution >= 0.6 is 31.9 Å². The first-order valence-corrected chi connectivity index (χ1v) is 6.47. The Hall–Kier alpha value is -0.720. The molecule has 1 aromatic heterocycles. The molecule has 0 aliphatic carbocycles. The lowest BCUT2D eigenvalue weighted by atomic mass is 10.0. The van der Waals surface area contributed by atoms with E-state index in [0.717, 1.165) is 15.7 Å². The van der Waals surface area contributed by atoms with Crippen molar-refractivity contribution in [1.29, 1.82) is 0 Å². The summed E-state index contributed by atoms with van der Waals surface area (Å²) in [5, 5.41) is 4.11. The Morgan fingerprint density at radius 1 is 1.35 bits per heavy atom. The molecule has 0 aliphatic heterocycles. The highest BCUT2D eigenvalue weighted by Crippen LogP contribution is 2.30. The lowest BCUT2D eigenvalue weighted by Crippen LogP contribution is -2.17. The van der Waals surface area contributed by atoms with E-state index < -0.39 is 0 Å². The van der Waals surface area contributed by atoms with Gasteiger partial charge >= 0.3 is 0 Å². The zero-order valence-electron chi connectivity index (χ0n) is 8.99. The van der Waals surface area contributed by atoms with E-state index in [0.29, 0.717) is 4.47 Å². The van der Waals surface area contributed by atoms with Crippen LogP contribution in [0.1, 0.15) is 17.3 Å². The topological polar surface area (TPSA) is 43.8 Å². The van der Waals surface area contributed by atoms with Crippen molar-refractivity contribution < 1.29 is 4.39 Å². The van der Waals surface area contributed by atoms with Crippen LogP contribution in [-0.4, -0.2) is 9.78 Å². The van der Waals surface area contributed by atoms with Gasteiger partial charge in [-0.1, -0.05) is 22.0 Å². The maximum atomic E-state index is 13.0. The summed E-state index contributed by atoms with van der Waals surface area (Å²) in [6, 6.07) is 4.10. The lowest BCUT2D eigenvalue weighted by molar-refractivity contribution is 0.623. The van der Waals surface area contributed by atoms with Crippen LogP contribution < -0.4 is 5.73 Å². The second-order valence-corrected chi connectivity index (χ2v) is 5.35. The maximum Gasteiger partial charge on any atom is 0.124 e. The van der Waals surface area contributed by atoms with Gasteiger partial charge in [0.05, 0.1) is 22.4 Å². The largest absolute Gasteiger partial charge is 0.319 e. The van der Waals surface area contributed by atoms with E-state index >= 15 is 0 Å². The van der Waals surface area contributed by atoms with Crippen molar-refractivity contribution in [3.63, 3.8) is 0 Å². The van der Waals surface area contributed by atoms with Gasteiger partial charge in [0.2, 0.25) is 0 Å². The van der Waals surface area contributed by atoms with Gasteiger partial charge in [-0.15, -0.1) is 0 Å². The van der Waals surface area contributed by atoms with Crippen LogP contribution in [0.25, 0.3) is 0 Å². The molecule has 6 heteroatoms. The van der Waals surface area contributed by atoms with Crippen LogP contribution in [0.4, 0.5) is 4.39 Å². The molecule has 1 aromatic carbocycles. The highest BCUT2D eigenvalue weighted by molar-refractivity contribution is 9.10. The maximum absolute atomic E-state index is 13.0. The van der Waals surface area contributed by atoms with Crippen LogP contribution in [0.2, 0.25) is 0 Å². The number of aromatic nitrogens is 2. The van der Waals surface area contributed by atoms with Crippen LogP contribution in [0, 0.1) is 5.82 Å². The highest BCUT2D eigenvalue weighted by atomic mass is 79.9. The van der Waals surface area contributed by atoms with Gasteiger partial charge in [0, 0.05) is 11.5 Å². The average Bonchev–Trinajstić information content (AvgIpc) is 2.58. The van der Waals surface area contributed by atoms with E-state index in [-0.39, 0.29) is 11.9 Å². The van der Waals surface area contributed by atoms with Crippen molar-refractivity contribution in [2.45, 2.75) is 6.04 Å². The van der Waals surface area contributed by atoms with Crippen LogP contribution in [0.5, 0.6) is 0 Å². The Morgan fingerprint density at radius 3 is 2.59 bits per heavy atom. The molecule has 3 nitrogen and oxygen atoms in total. The van der Waals surface area contributed by atoms with Gasteiger partial charge in [-0.3, -0.25) is 4.68 Å². The summed E-state index contributed by atoms with van der Waals surface area (Å²) in [7, 11) is 1.82. The smallest absolute Gasteiger partial charge is 0.124 e. The molecule has 1 unspecified atom stereocenters. The minimum absolute atomic E-state index is 0.295. The van der Waals surface area contributed by atoms with Crippen molar-refractivity contribution >= 4 is 31.9 Å². The number of hydrogen-bond acceptors (Lipinski definition) is 2. The Labute approximate surface area is 115 Å². The lowest BCUT2D eigenvalue weighted by Gasteiger charge is -2.15. The fourth-order valence-corrected chi connectivity index (χ4v) is 2.86. The van der Waals surface area contributed by atoms with E-state index in [9.17, 15) is 4.39 Å². The Bertz CT molecular complexity index is 534. The van der Waals surface area contributed by atoms with E-state index in [1.54, 1.807) is 16.9 Å². The third-order valence-electron chi connectivity index (χ3n) is 2.53. The monoisotopic (exact) mass is 361 g/mol. The zero-order valence-corrected chi connectivity index (χ0v) is 12.2. The molecule has 0 saturated carbocycles. The Morgan fingerprint density at radius 2 is 2.06 bits per heavy atom. The molecule has 2 aromatic rings. The summed E-state index contributed by atoms with van der Waals surface area (Å²) >= 11 is 6.72. The molecule has 0 fully saturated rings. The first kappa shape index (κ1) is 12.7. The third kappa shape index (κ3) is 2.43. The quantitative estimate of drug-likeness (QED) is 0.891. The molecule has 1 heterocycles. The van der Waals surface area contributed by atoms with Gasteiger partial charge in [-0.05, 0) is 33.6 Å². The molecule has 90 valence electrons. The molecule has 0 aliphatic rings. The number of hydrogen-bond donors (Lipinski definition) is 1. The molecule has 2 rings (SSSR count). The average molecular weight is 363 g/mol. The van der Waals surface area contributed by atoms with Crippen LogP contribution in [0.15, 0.2) is 33.3 Å². The number of aryl methyl sites for hydroxylation is 1. The van der Waals surface area contributed by atoms with Crippen molar-refractivity contribution in [3.05, 3.63) is 50.4 Å². The summed E-state index contributed by atoms with van der Waals surface area (Å²) in [6.07, 6.45) is 1.69. The molecule has 2 N–H and O–H groups in total. The minimum atomic E-state index is -0.369. The van der Waals surface area contributed by atoms with Crippen molar-refractivity contribution in [3.8, 4) is 0 Å². The number of nitrogens with two attached hydrogens (primary N) is 1. The van der Waals surface area contributed by atoms with Crippen LogP contribution in [-0.2, 0) is 7.05 Å². The zero-order chi connectivity index (χ0) is 12.6. The molecular formula is C11H10Br2FN3. The SMILES string of the molecule is Cn1ncc(Br)c1C(N)c1ccc(F)cc1Br. The van der Waals surface area contributed by atoms with E-state index in [2.05, 4.69) is 37.0 Å². The van der Waals surface area contributed by atoms with Gasteiger partial charge < -0.3 is 5.73 Å². The van der Waals surface area contributed by atoms with Gasteiger partial charge in [0.1, 0.15) is 5.82 Å². The third-order valence-corrected chi connectivity index (χ3v) is 3.83. The number of rotatable bonds is 2. The summed E-state index contributed by atoms with van der Waals surface area (Å²) in [5.74, 6) is -0.295. The molecule has 0 saturated heterocycles. The number of benzene rings is 1. The molecule has 17 heavy (non-hydrogen) atoms. The van der Waals surface area contributed by atoms with E-state index in [1.165, 1.54) is 12.1 Å².